The Hall–Kier alpha value is -2.69. The fourth-order valence-corrected chi connectivity index (χ4v) is 3.20. The van der Waals surface area contributed by atoms with E-state index < -0.39 is 6.10 Å². The minimum Gasteiger partial charge on any atom is -0.489 e. The molecule has 29 heavy (non-hydrogen) atoms. The fourth-order valence-electron chi connectivity index (χ4n) is 3.20. The molecule has 0 aliphatic carbocycles. The Morgan fingerprint density at radius 1 is 0.931 bits per heavy atom. The van der Waals surface area contributed by atoms with Gasteiger partial charge in [-0.1, -0.05) is 60.7 Å². The van der Waals surface area contributed by atoms with Gasteiger partial charge < -0.3 is 15.2 Å². The molecule has 0 amide bonds. The quantitative estimate of drug-likeness (QED) is 0.474. The Kier molecular flexibility index (Phi) is 7.79. The van der Waals surface area contributed by atoms with E-state index in [1.807, 2.05) is 37.3 Å². The molecular weight excluding hydrogens is 365 g/mol. The summed E-state index contributed by atoms with van der Waals surface area (Å²) in [6.07, 6.45) is 1.43. The van der Waals surface area contributed by atoms with Crippen LogP contribution in [-0.2, 0) is 13.0 Å². The van der Waals surface area contributed by atoms with Gasteiger partial charge in [-0.15, -0.1) is 0 Å². The van der Waals surface area contributed by atoms with Gasteiger partial charge in [0.25, 0.3) is 0 Å². The molecule has 0 saturated heterocycles. The lowest BCUT2D eigenvalue weighted by Crippen LogP contribution is -2.33. The lowest BCUT2D eigenvalue weighted by atomic mass is 10.0. The van der Waals surface area contributed by atoms with Gasteiger partial charge in [0, 0.05) is 11.6 Å². The topological polar surface area (TPSA) is 41.5 Å². The van der Waals surface area contributed by atoms with Crippen LogP contribution in [0.25, 0.3) is 0 Å². The first-order valence-corrected chi connectivity index (χ1v) is 10.0. The van der Waals surface area contributed by atoms with Crippen LogP contribution in [0.2, 0.25) is 0 Å². The number of halogens is 1. The summed E-state index contributed by atoms with van der Waals surface area (Å²) < 4.78 is 19.3. The molecule has 0 aliphatic heterocycles. The first kappa shape index (κ1) is 21.0. The van der Waals surface area contributed by atoms with Gasteiger partial charge in [0.15, 0.2) is 0 Å². The van der Waals surface area contributed by atoms with Crippen molar-refractivity contribution in [2.24, 2.45) is 0 Å². The third-order valence-corrected chi connectivity index (χ3v) is 5.00. The normalized spacial score (nSPS) is 13.1. The molecule has 0 saturated carbocycles. The van der Waals surface area contributed by atoms with Gasteiger partial charge in [-0.25, -0.2) is 4.39 Å². The van der Waals surface area contributed by atoms with Crippen molar-refractivity contribution in [3.63, 3.8) is 0 Å². The van der Waals surface area contributed by atoms with Crippen molar-refractivity contribution >= 4 is 0 Å². The van der Waals surface area contributed by atoms with Crippen LogP contribution >= 0.6 is 0 Å². The lowest BCUT2D eigenvalue weighted by Gasteiger charge is -2.21. The molecule has 3 aromatic rings. The van der Waals surface area contributed by atoms with Crippen LogP contribution < -0.4 is 10.1 Å². The van der Waals surface area contributed by atoms with E-state index in [4.69, 9.17) is 4.74 Å². The van der Waals surface area contributed by atoms with Crippen molar-refractivity contribution in [3.8, 4) is 5.75 Å². The average molecular weight is 394 g/mol. The number of aliphatic hydroxyl groups excluding tert-OH is 1. The molecule has 4 heteroatoms. The summed E-state index contributed by atoms with van der Waals surface area (Å²) in [5.74, 6) is 0.374. The second-order valence-corrected chi connectivity index (χ2v) is 7.23. The Morgan fingerprint density at radius 3 is 2.34 bits per heavy atom. The highest BCUT2D eigenvalue weighted by atomic mass is 19.1. The fraction of sp³-hybridized carbons (Fsp3) is 0.280. The Labute approximate surface area is 172 Å². The highest BCUT2D eigenvalue weighted by Gasteiger charge is 2.15. The predicted molar refractivity (Wildman–Crippen MR) is 114 cm³/mol. The van der Waals surface area contributed by atoms with Gasteiger partial charge >= 0.3 is 0 Å². The first-order valence-electron chi connectivity index (χ1n) is 10.0. The molecule has 0 aromatic heterocycles. The Bertz CT molecular complexity index is 868. The zero-order chi connectivity index (χ0) is 20.5. The van der Waals surface area contributed by atoms with E-state index in [1.165, 1.54) is 11.6 Å². The van der Waals surface area contributed by atoms with Crippen molar-refractivity contribution in [3.05, 3.63) is 101 Å². The van der Waals surface area contributed by atoms with Gasteiger partial charge in [-0.2, -0.15) is 0 Å². The number of hydrogen-bond acceptors (Lipinski definition) is 3. The summed E-state index contributed by atoms with van der Waals surface area (Å²) >= 11 is 0. The van der Waals surface area contributed by atoms with Gasteiger partial charge in [-0.3, -0.25) is 0 Å². The summed E-state index contributed by atoms with van der Waals surface area (Å²) in [5, 5.41) is 14.0. The molecule has 0 spiro atoms. The summed E-state index contributed by atoms with van der Waals surface area (Å²) in [6.45, 7) is 3.00. The van der Waals surface area contributed by atoms with Crippen LogP contribution in [0.15, 0.2) is 78.9 Å². The van der Waals surface area contributed by atoms with Gasteiger partial charge in [0.05, 0.1) is 6.10 Å². The largest absolute Gasteiger partial charge is 0.489 e. The van der Waals surface area contributed by atoms with E-state index >= 15 is 0 Å². The number of ether oxygens (including phenoxy) is 1. The minimum atomic E-state index is -0.604. The Balaban J connectivity index is 1.44. The zero-order valence-corrected chi connectivity index (χ0v) is 16.7. The number of nitrogens with one attached hydrogen (secondary N) is 1. The molecule has 0 aliphatic rings. The maximum atomic E-state index is 13.7. The van der Waals surface area contributed by atoms with Gasteiger partial charge in [-0.05, 0) is 55.6 Å². The predicted octanol–water partition coefficient (Wildman–Crippen LogP) is 5.05. The van der Waals surface area contributed by atoms with Crippen LogP contribution in [-0.4, -0.2) is 17.7 Å². The van der Waals surface area contributed by atoms with E-state index in [1.54, 1.807) is 18.2 Å². The second kappa shape index (κ2) is 10.7. The monoisotopic (exact) mass is 393 g/mol. The van der Waals surface area contributed by atoms with Crippen molar-refractivity contribution in [1.82, 2.24) is 5.32 Å². The van der Waals surface area contributed by atoms with Crippen molar-refractivity contribution < 1.29 is 14.2 Å². The summed E-state index contributed by atoms with van der Waals surface area (Å²) in [6, 6.07) is 24.2. The molecule has 0 bridgehead atoms. The van der Waals surface area contributed by atoms with E-state index in [9.17, 15) is 9.50 Å². The third kappa shape index (κ3) is 6.41. The molecule has 2 atom stereocenters. The number of aryl methyl sites for hydroxylation is 1. The molecule has 3 nitrogen and oxygen atoms in total. The number of aliphatic hydroxyl groups is 1. The molecule has 0 fully saturated rings. The first-order chi connectivity index (χ1) is 14.1. The number of rotatable bonds is 10. The van der Waals surface area contributed by atoms with Crippen LogP contribution in [0.4, 0.5) is 4.39 Å². The maximum Gasteiger partial charge on any atom is 0.129 e. The average Bonchev–Trinajstić information content (AvgIpc) is 2.76. The highest BCUT2D eigenvalue weighted by Crippen LogP contribution is 2.21. The van der Waals surface area contributed by atoms with Gasteiger partial charge in [0.1, 0.15) is 18.2 Å². The van der Waals surface area contributed by atoms with E-state index in [-0.39, 0.29) is 18.5 Å². The van der Waals surface area contributed by atoms with Crippen molar-refractivity contribution in [2.75, 3.05) is 6.54 Å². The zero-order valence-electron chi connectivity index (χ0n) is 16.7. The van der Waals surface area contributed by atoms with Crippen LogP contribution in [0.5, 0.6) is 5.75 Å². The molecule has 2 N–H and O–H groups in total. The van der Waals surface area contributed by atoms with Crippen molar-refractivity contribution in [1.29, 1.82) is 0 Å². The number of benzene rings is 3. The van der Waals surface area contributed by atoms with Crippen LogP contribution in [0, 0.1) is 5.82 Å². The Morgan fingerprint density at radius 2 is 1.62 bits per heavy atom. The standard InChI is InChI=1S/C25H28FNO2/c1-19(27-17-7-10-20-8-3-2-4-9-20)25(28)21-13-15-23(16-14-21)29-18-22-11-5-6-12-24(22)26/h2-6,8-9,11-16,19,25,27-28H,7,10,17-18H2,1H3. The van der Waals surface area contributed by atoms with Gasteiger partial charge in [0.2, 0.25) is 0 Å². The summed E-state index contributed by atoms with van der Waals surface area (Å²) in [5.41, 5.74) is 2.67. The molecule has 152 valence electrons. The molecule has 0 radical (unpaired) electrons. The summed E-state index contributed by atoms with van der Waals surface area (Å²) in [7, 11) is 0. The highest BCUT2D eigenvalue weighted by molar-refractivity contribution is 5.29. The van der Waals surface area contributed by atoms with E-state index in [0.717, 1.165) is 24.9 Å². The van der Waals surface area contributed by atoms with Crippen molar-refractivity contribution in [2.45, 2.75) is 38.5 Å². The molecular formula is C25H28FNO2. The number of hydrogen-bond donors (Lipinski definition) is 2. The maximum absolute atomic E-state index is 13.7. The van der Waals surface area contributed by atoms with E-state index in [2.05, 4.69) is 29.6 Å². The molecule has 3 aromatic carbocycles. The van der Waals surface area contributed by atoms with Crippen LogP contribution in [0.3, 0.4) is 0 Å². The third-order valence-electron chi connectivity index (χ3n) is 5.00. The SMILES string of the molecule is CC(NCCCc1ccccc1)C(O)c1ccc(OCc2ccccc2F)cc1. The lowest BCUT2D eigenvalue weighted by molar-refractivity contribution is 0.136. The smallest absolute Gasteiger partial charge is 0.129 e. The molecule has 2 unspecified atom stereocenters. The minimum absolute atomic E-state index is 0.0593. The molecule has 0 heterocycles. The summed E-state index contributed by atoms with van der Waals surface area (Å²) in [4.78, 5) is 0. The second-order valence-electron chi connectivity index (χ2n) is 7.23. The molecule has 3 rings (SSSR count). The van der Waals surface area contributed by atoms with E-state index in [0.29, 0.717) is 11.3 Å². The van der Waals surface area contributed by atoms with Crippen LogP contribution in [0.1, 0.15) is 36.1 Å².